The fraction of sp³-hybridized carbons (Fsp3) is 0.438. The van der Waals surface area contributed by atoms with Gasteiger partial charge in [-0.2, -0.15) is 57.1 Å². The smallest absolute Gasteiger partial charge is 0.419 e. The Morgan fingerprint density at radius 3 is 1.56 bits per heavy atom. The molecule has 0 bridgehead atoms. The van der Waals surface area contributed by atoms with Crippen LogP contribution in [0.5, 0.6) is 0 Å². The first kappa shape index (κ1) is 27.9. The van der Waals surface area contributed by atoms with Crippen LogP contribution >= 0.6 is 11.6 Å². The van der Waals surface area contributed by atoms with Crippen molar-refractivity contribution in [3.63, 3.8) is 0 Å². The molecule has 0 aromatic heterocycles. The van der Waals surface area contributed by atoms with E-state index in [9.17, 15) is 75.8 Å². The third kappa shape index (κ3) is 3.17. The van der Waals surface area contributed by atoms with Gasteiger partial charge in [0, 0.05) is 0 Å². The summed E-state index contributed by atoms with van der Waals surface area (Å²) >= 11 is 5.06. The summed E-state index contributed by atoms with van der Waals surface area (Å²) in [5.74, 6) is -46.8. The Morgan fingerprint density at radius 2 is 1.18 bits per heavy atom. The van der Waals surface area contributed by atoms with E-state index in [1.54, 1.807) is 0 Å². The zero-order valence-corrected chi connectivity index (χ0v) is 15.9. The molecule has 18 heteroatoms. The highest BCUT2D eigenvalue weighted by Gasteiger charge is 3.02. The molecule has 0 radical (unpaired) electrons. The Labute approximate surface area is 181 Å². The number of alkyl halides is 14. The number of carbonyl (C=O) groups excluding carboxylic acids is 1. The van der Waals surface area contributed by atoms with Gasteiger partial charge in [-0.05, 0) is 23.8 Å². The van der Waals surface area contributed by atoms with E-state index >= 15 is 0 Å². The highest BCUT2D eigenvalue weighted by Crippen LogP contribution is 2.69. The summed E-state index contributed by atoms with van der Waals surface area (Å²) in [6.45, 7) is 0. The van der Waals surface area contributed by atoms with Crippen molar-refractivity contribution < 1.29 is 75.8 Å². The zero-order chi connectivity index (χ0) is 27.1. The van der Waals surface area contributed by atoms with Crippen molar-refractivity contribution in [3.8, 4) is 0 Å². The molecule has 2 rings (SSSR count). The Bertz CT molecular complexity index is 1030. The molecule has 0 aliphatic heterocycles. The largest absolute Gasteiger partial charge is 0.872 e. The third-order valence-corrected chi connectivity index (χ3v) is 4.94. The summed E-state index contributed by atoms with van der Waals surface area (Å²) in [5, 5.41) is 10.3. The summed E-state index contributed by atoms with van der Waals surface area (Å²) in [6.07, 6.45) is -7.02. The van der Waals surface area contributed by atoms with E-state index in [0.29, 0.717) is 0 Å². The molecule has 0 heterocycles. The normalized spacial score (nSPS) is 24.5. The lowest BCUT2D eigenvalue weighted by molar-refractivity contribution is -0.475. The molecule has 1 saturated carbocycles. The fourth-order valence-electron chi connectivity index (χ4n) is 2.77. The van der Waals surface area contributed by atoms with Gasteiger partial charge in [-0.15, -0.1) is 0 Å². The molecular weight excluding hydrogens is 545 g/mol. The van der Waals surface area contributed by atoms with Gasteiger partial charge in [-0.25, -0.2) is 8.78 Å². The second kappa shape index (κ2) is 7.34. The summed E-state index contributed by atoms with van der Waals surface area (Å²) < 4.78 is 201. The number of rotatable bonds is 3. The van der Waals surface area contributed by atoms with E-state index in [0.717, 1.165) is 0 Å². The van der Waals surface area contributed by atoms with Crippen molar-refractivity contribution in [2.24, 2.45) is 0 Å². The second-order valence-corrected chi connectivity index (χ2v) is 7.13. The highest BCUT2D eigenvalue weighted by atomic mass is 35.5. The molecule has 0 spiro atoms. The molecule has 0 amide bonds. The van der Waals surface area contributed by atoms with Gasteiger partial charge in [0.15, 0.2) is 5.82 Å². The topological polar surface area (TPSA) is 40.1 Å². The molecule has 0 saturated heterocycles. The molecule has 2 nitrogen and oxygen atoms in total. The SMILES string of the molecule is O=C(/C=C(\[O-])c1cc(Cl)c(F)c(C(F)(F)F)c1)C1(F)C(F)(F)C(F)(F)C(F)(F)C(F)(F)C1(F)F. The Morgan fingerprint density at radius 1 is 0.794 bits per heavy atom. The van der Waals surface area contributed by atoms with Gasteiger partial charge >= 0.3 is 41.5 Å². The number of hydrogen-bond donors (Lipinski definition) is 0. The summed E-state index contributed by atoms with van der Waals surface area (Å²) in [7, 11) is 0. The zero-order valence-electron chi connectivity index (χ0n) is 15.1. The number of benzene rings is 1. The van der Waals surface area contributed by atoms with Gasteiger partial charge in [-0.3, -0.25) is 4.79 Å². The molecule has 0 N–H and O–H groups in total. The maximum absolute atomic E-state index is 14.6. The summed E-state index contributed by atoms with van der Waals surface area (Å²) in [5.41, 5.74) is -11.2. The molecule has 1 aliphatic carbocycles. The van der Waals surface area contributed by atoms with Crippen LogP contribution in [0.25, 0.3) is 5.76 Å². The lowest BCUT2D eigenvalue weighted by Crippen LogP contribution is -2.85. The minimum atomic E-state index is -7.64. The fourth-order valence-corrected chi connectivity index (χ4v) is 2.99. The van der Waals surface area contributed by atoms with Crippen molar-refractivity contribution in [2.75, 3.05) is 0 Å². The standard InChI is InChI=1S/C16H4ClF15O2/c17-6-2-4(1-5(9(6)18)11(20,21)22)7(33)3-8(34)10(19)12(23,24)14(27,28)16(31,32)15(29,30)13(10,25)26/h1-3,33H/p-1/b7-3-. The van der Waals surface area contributed by atoms with Crippen molar-refractivity contribution in [3.05, 3.63) is 40.2 Å². The van der Waals surface area contributed by atoms with Crippen LogP contribution in [-0.4, -0.2) is 41.1 Å². The van der Waals surface area contributed by atoms with Crippen molar-refractivity contribution >= 4 is 23.1 Å². The third-order valence-electron chi connectivity index (χ3n) is 4.66. The Kier molecular flexibility index (Phi) is 6.02. The molecule has 0 unspecified atom stereocenters. The maximum atomic E-state index is 14.6. The van der Waals surface area contributed by atoms with E-state index in [1.807, 2.05) is 0 Å². The predicted octanol–water partition coefficient (Wildman–Crippen LogP) is 5.67. The van der Waals surface area contributed by atoms with Crippen LogP contribution in [0.4, 0.5) is 65.9 Å². The van der Waals surface area contributed by atoms with E-state index in [2.05, 4.69) is 0 Å². The van der Waals surface area contributed by atoms with Crippen LogP contribution in [0.15, 0.2) is 18.2 Å². The number of carbonyl (C=O) groups is 1. The van der Waals surface area contributed by atoms with Crippen LogP contribution < -0.4 is 5.11 Å². The molecule has 192 valence electrons. The minimum Gasteiger partial charge on any atom is -0.872 e. The summed E-state index contributed by atoms with van der Waals surface area (Å²) in [6, 6.07) is -0.593. The Balaban J connectivity index is 2.77. The molecule has 1 aromatic rings. The van der Waals surface area contributed by atoms with Crippen LogP contribution in [0, 0.1) is 5.82 Å². The van der Waals surface area contributed by atoms with Crippen molar-refractivity contribution in [2.45, 2.75) is 41.5 Å². The van der Waals surface area contributed by atoms with Gasteiger partial charge < -0.3 is 5.11 Å². The van der Waals surface area contributed by atoms with Crippen molar-refractivity contribution in [1.29, 1.82) is 0 Å². The molecule has 1 aliphatic rings. The summed E-state index contributed by atoms with van der Waals surface area (Å²) in [4.78, 5) is 11.7. The van der Waals surface area contributed by atoms with Crippen LogP contribution in [0.1, 0.15) is 11.1 Å². The van der Waals surface area contributed by atoms with E-state index in [4.69, 9.17) is 11.6 Å². The van der Waals surface area contributed by atoms with E-state index in [1.165, 1.54) is 0 Å². The van der Waals surface area contributed by atoms with Gasteiger partial charge in [-0.1, -0.05) is 17.4 Å². The van der Waals surface area contributed by atoms with Crippen LogP contribution in [-0.2, 0) is 11.0 Å². The second-order valence-electron chi connectivity index (χ2n) is 6.72. The number of ketones is 1. The lowest BCUT2D eigenvalue weighted by atomic mass is 9.70. The van der Waals surface area contributed by atoms with Gasteiger partial charge in [0.25, 0.3) is 0 Å². The number of allylic oxidation sites excluding steroid dienone is 1. The van der Waals surface area contributed by atoms with Crippen LogP contribution in [0.2, 0.25) is 5.02 Å². The number of halogens is 16. The molecule has 34 heavy (non-hydrogen) atoms. The van der Waals surface area contributed by atoms with Gasteiger partial charge in [0.05, 0.1) is 10.6 Å². The minimum absolute atomic E-state index is 0.0857. The molecule has 0 atom stereocenters. The van der Waals surface area contributed by atoms with Gasteiger partial charge in [0.1, 0.15) is 0 Å². The quantitative estimate of drug-likeness (QED) is 0.278. The predicted molar refractivity (Wildman–Crippen MR) is 78.0 cm³/mol. The molecule has 1 aromatic carbocycles. The Hall–Kier alpha value is -2.33. The first-order valence-corrected chi connectivity index (χ1v) is 8.29. The first-order valence-electron chi connectivity index (χ1n) is 7.91. The van der Waals surface area contributed by atoms with Gasteiger partial charge in [0.2, 0.25) is 5.78 Å². The van der Waals surface area contributed by atoms with Crippen molar-refractivity contribution in [1.82, 2.24) is 0 Å². The maximum Gasteiger partial charge on any atom is 0.419 e. The molecule has 1 fully saturated rings. The van der Waals surface area contributed by atoms with E-state index in [-0.39, 0.29) is 6.07 Å². The lowest BCUT2D eigenvalue weighted by Gasteiger charge is -2.51. The van der Waals surface area contributed by atoms with Crippen LogP contribution in [0.3, 0.4) is 0 Å². The first-order chi connectivity index (χ1) is 14.8. The highest BCUT2D eigenvalue weighted by molar-refractivity contribution is 6.31. The molecular formula is C16H3ClF15O2-. The van der Waals surface area contributed by atoms with E-state index < -0.39 is 87.1 Å². The monoisotopic (exact) mass is 547 g/mol. The average molecular weight is 548 g/mol. The average Bonchev–Trinajstić information content (AvgIpc) is 2.66. The number of hydrogen-bond acceptors (Lipinski definition) is 2.